The van der Waals surface area contributed by atoms with Crippen molar-refractivity contribution in [1.29, 1.82) is 0 Å². The van der Waals surface area contributed by atoms with Gasteiger partial charge < -0.3 is 25.6 Å². The number of fused-ring (bicyclic) bond motifs is 1. The number of hydrogen-bond donors (Lipinski definition) is 4. The first-order chi connectivity index (χ1) is 26.3. The van der Waals surface area contributed by atoms with Gasteiger partial charge in [-0.3, -0.25) is 19.2 Å². The zero-order valence-corrected chi connectivity index (χ0v) is 36.6. The van der Waals surface area contributed by atoms with Crippen molar-refractivity contribution in [2.45, 2.75) is 169 Å². The zero-order valence-electron chi connectivity index (χ0n) is 35.8. The van der Waals surface area contributed by atoms with Gasteiger partial charge in [0.05, 0.1) is 0 Å². The van der Waals surface area contributed by atoms with Crippen molar-refractivity contribution < 1.29 is 37.1 Å². The summed E-state index contributed by atoms with van der Waals surface area (Å²) in [5, 5.41) is 8.88. The molecule has 0 aromatic rings. The molecule has 6 aliphatic rings. The van der Waals surface area contributed by atoms with Crippen LogP contribution >= 0.6 is 0 Å². The summed E-state index contributed by atoms with van der Waals surface area (Å²) >= 11 is 0. The molecule has 4 aliphatic carbocycles. The maximum atomic E-state index is 15.2. The molecule has 4 N–H and O–H groups in total. The Morgan fingerprint density at radius 3 is 1.93 bits per heavy atom. The van der Waals surface area contributed by atoms with E-state index >= 15 is 4.79 Å². The van der Waals surface area contributed by atoms with Crippen LogP contribution in [0.5, 0.6) is 0 Å². The average Bonchev–Trinajstić information content (AvgIpc) is 3.54. The second-order valence-electron chi connectivity index (χ2n) is 21.0. The fourth-order valence-corrected chi connectivity index (χ4v) is 12.6. The minimum atomic E-state index is -4.11. The second kappa shape index (κ2) is 14.5. The first-order valence-corrected chi connectivity index (χ1v) is 22.6. The summed E-state index contributed by atoms with van der Waals surface area (Å²) in [4.78, 5) is 73.1. The molecule has 15 heteroatoms. The number of carbonyl (C=O) groups excluding carboxylic acids is 5. The number of rotatable bonds is 11. The molecular formula is C42H68N6O8S. The van der Waals surface area contributed by atoms with Gasteiger partial charge >= 0.3 is 16.3 Å². The van der Waals surface area contributed by atoms with Crippen molar-refractivity contribution in [3.05, 3.63) is 12.7 Å². The lowest BCUT2D eigenvalue weighted by atomic mass is 9.70. The standard InChI is InChI=1S/C42H68N6O8S/c1-11-27-24-42(27,34(52)46-57(54,55)47-22-15-16-23-47)45-31(49)28-25-41(38(8,9)40(41)20-17-21-40)26-48(28)33(51)30(36(2,3)4)43-32(50)29(39(10)18-13-12-14-19-39)44-35(53)56-37(5,6)7/h11,27-30H,1,12-26H2,2-10H3,(H,43,50)(H,44,53)(H,45,49)(H,46,52)/t27-,28+,29-,30-,41-,42-/m1/s1. The van der Waals surface area contributed by atoms with Gasteiger partial charge in [-0.15, -0.1) is 6.58 Å². The lowest BCUT2D eigenvalue weighted by molar-refractivity contribution is -0.145. The summed E-state index contributed by atoms with van der Waals surface area (Å²) in [5.74, 6) is -2.76. The van der Waals surface area contributed by atoms with Gasteiger partial charge in [0.2, 0.25) is 17.7 Å². The van der Waals surface area contributed by atoms with E-state index < -0.39 is 85.9 Å². The Bertz CT molecular complexity index is 1770. The summed E-state index contributed by atoms with van der Waals surface area (Å²) in [6.07, 6.45) is 10.1. The van der Waals surface area contributed by atoms with Crippen molar-refractivity contribution >= 4 is 39.9 Å². The molecule has 6 atom stereocenters. The van der Waals surface area contributed by atoms with E-state index in [4.69, 9.17) is 4.74 Å². The molecule has 4 saturated carbocycles. The molecule has 5 amide bonds. The molecule has 57 heavy (non-hydrogen) atoms. The van der Waals surface area contributed by atoms with Gasteiger partial charge in [-0.2, -0.15) is 12.7 Å². The van der Waals surface area contributed by atoms with Crippen molar-refractivity contribution in [2.75, 3.05) is 19.6 Å². The molecular weight excluding hydrogens is 749 g/mol. The van der Waals surface area contributed by atoms with Crippen LogP contribution in [0, 0.1) is 33.0 Å². The Balaban J connectivity index is 1.29. The summed E-state index contributed by atoms with van der Waals surface area (Å²) in [6, 6.07) is -3.03. The van der Waals surface area contributed by atoms with Crippen LogP contribution in [0.15, 0.2) is 12.7 Å². The fraction of sp³-hybridized carbons (Fsp3) is 0.833. The number of amides is 5. The molecule has 0 unspecified atom stereocenters. The van der Waals surface area contributed by atoms with Crippen molar-refractivity contribution in [3.8, 4) is 0 Å². The van der Waals surface area contributed by atoms with Crippen LogP contribution < -0.4 is 20.7 Å². The minimum absolute atomic E-state index is 0.0336. The predicted molar refractivity (Wildman–Crippen MR) is 215 cm³/mol. The highest BCUT2D eigenvalue weighted by atomic mass is 32.2. The van der Waals surface area contributed by atoms with Crippen molar-refractivity contribution in [3.63, 3.8) is 0 Å². The Kier molecular flexibility index (Phi) is 11.0. The Morgan fingerprint density at radius 2 is 1.44 bits per heavy atom. The predicted octanol–water partition coefficient (Wildman–Crippen LogP) is 4.70. The molecule has 2 saturated heterocycles. The average molecular weight is 817 g/mol. The Morgan fingerprint density at radius 1 is 0.825 bits per heavy atom. The zero-order chi connectivity index (χ0) is 42.2. The van der Waals surface area contributed by atoms with E-state index in [1.165, 1.54) is 4.31 Å². The molecule has 2 heterocycles. The summed E-state index contributed by atoms with van der Waals surface area (Å²) in [6.45, 7) is 22.1. The summed E-state index contributed by atoms with van der Waals surface area (Å²) < 4.78 is 35.4. The third kappa shape index (κ3) is 7.50. The van der Waals surface area contributed by atoms with Crippen LogP contribution in [-0.4, -0.2) is 96.2 Å². The van der Waals surface area contributed by atoms with E-state index in [0.717, 1.165) is 38.5 Å². The van der Waals surface area contributed by atoms with Gasteiger partial charge in [0, 0.05) is 31.0 Å². The highest BCUT2D eigenvalue weighted by Crippen LogP contribution is 2.88. The molecule has 0 radical (unpaired) electrons. The third-order valence-electron chi connectivity index (χ3n) is 15.1. The highest BCUT2D eigenvalue weighted by Gasteiger charge is 2.85. The van der Waals surface area contributed by atoms with E-state index in [9.17, 15) is 27.6 Å². The number of likely N-dealkylation sites (tertiary alicyclic amines) is 1. The van der Waals surface area contributed by atoms with Crippen LogP contribution in [0.1, 0.15) is 139 Å². The van der Waals surface area contributed by atoms with E-state index in [1.54, 1.807) is 31.7 Å². The molecule has 0 bridgehead atoms. The first-order valence-electron chi connectivity index (χ1n) is 21.2. The number of carbonyl (C=O) groups is 5. The largest absolute Gasteiger partial charge is 0.444 e. The molecule has 6 fully saturated rings. The maximum absolute atomic E-state index is 15.2. The SMILES string of the molecule is C=C[C@@H]1C[C@]1(NC(=O)[C@@H]1C[C@@]2(CN1C(=O)[C@@H](NC(=O)[C@@H](NC(=O)OC(C)(C)C)C1(C)CCCCC1)C(C)(C)C)C(C)(C)C21CCC1)C(=O)NS(=O)(=O)N1CCCC1. The van der Waals surface area contributed by atoms with Crippen molar-refractivity contribution in [2.24, 2.45) is 33.0 Å². The Hall–Kier alpha value is -3.20. The molecule has 0 aromatic heterocycles. The number of nitrogens with one attached hydrogen (secondary N) is 4. The molecule has 2 aliphatic heterocycles. The van der Waals surface area contributed by atoms with Gasteiger partial charge in [0.25, 0.3) is 5.91 Å². The van der Waals surface area contributed by atoms with Crippen LogP contribution in [0.25, 0.3) is 0 Å². The van der Waals surface area contributed by atoms with Gasteiger partial charge in [-0.1, -0.05) is 73.3 Å². The number of hydrogen-bond acceptors (Lipinski definition) is 8. The van der Waals surface area contributed by atoms with Gasteiger partial charge in [-0.05, 0) is 93.8 Å². The van der Waals surface area contributed by atoms with Crippen LogP contribution in [0.4, 0.5) is 4.79 Å². The van der Waals surface area contributed by atoms with Gasteiger partial charge in [0.15, 0.2) is 0 Å². The van der Waals surface area contributed by atoms with E-state index in [1.807, 2.05) is 27.7 Å². The summed E-state index contributed by atoms with van der Waals surface area (Å²) in [7, 11) is -4.11. The lowest BCUT2D eigenvalue weighted by Crippen LogP contribution is -2.63. The molecule has 320 valence electrons. The molecule has 6 rings (SSSR count). The van der Waals surface area contributed by atoms with Crippen molar-refractivity contribution in [1.82, 2.24) is 29.9 Å². The highest BCUT2D eigenvalue weighted by molar-refractivity contribution is 7.87. The maximum Gasteiger partial charge on any atom is 0.408 e. The number of alkyl carbamates (subject to hydrolysis) is 1. The van der Waals surface area contributed by atoms with Crippen LogP contribution in [0.2, 0.25) is 0 Å². The van der Waals surface area contributed by atoms with Gasteiger partial charge in [-0.25, -0.2) is 9.52 Å². The lowest BCUT2D eigenvalue weighted by Gasteiger charge is -2.42. The van der Waals surface area contributed by atoms with Crippen LogP contribution in [0.3, 0.4) is 0 Å². The smallest absolute Gasteiger partial charge is 0.408 e. The number of nitrogens with zero attached hydrogens (tertiary/aromatic N) is 2. The van der Waals surface area contributed by atoms with Crippen LogP contribution in [-0.2, 0) is 34.1 Å². The monoisotopic (exact) mass is 816 g/mol. The van der Waals surface area contributed by atoms with E-state index in [2.05, 4.69) is 41.1 Å². The van der Waals surface area contributed by atoms with Gasteiger partial charge in [0.1, 0.15) is 29.3 Å². The minimum Gasteiger partial charge on any atom is -0.444 e. The normalized spacial score (nSPS) is 31.1. The van der Waals surface area contributed by atoms with E-state index in [0.29, 0.717) is 51.7 Å². The topological polar surface area (TPSA) is 183 Å². The molecule has 2 spiro atoms. The third-order valence-corrected chi connectivity index (χ3v) is 16.6. The van der Waals surface area contributed by atoms with E-state index in [-0.39, 0.29) is 22.7 Å². The first kappa shape index (κ1) is 43.4. The quantitative estimate of drug-likeness (QED) is 0.217. The second-order valence-corrected chi connectivity index (χ2v) is 22.7. The summed E-state index contributed by atoms with van der Waals surface area (Å²) in [5.41, 5.74) is -4.25. The molecule has 14 nitrogen and oxygen atoms in total. The number of ether oxygens (including phenoxy) is 1. The molecule has 0 aromatic carbocycles. The Labute approximate surface area is 340 Å². The fourth-order valence-electron chi connectivity index (χ4n) is 11.3.